The molecule has 0 fully saturated rings. The summed E-state index contributed by atoms with van der Waals surface area (Å²) in [6.07, 6.45) is 0.748. The first kappa shape index (κ1) is 17.0. The molecule has 0 saturated carbocycles. The van der Waals surface area contributed by atoms with Gasteiger partial charge in [0, 0.05) is 5.69 Å². The van der Waals surface area contributed by atoms with Crippen LogP contribution in [0, 0.1) is 5.82 Å². The minimum Gasteiger partial charge on any atom is -0.462 e. The van der Waals surface area contributed by atoms with E-state index in [1.807, 2.05) is 6.92 Å². The lowest BCUT2D eigenvalue weighted by atomic mass is 10.1. The van der Waals surface area contributed by atoms with E-state index < -0.39 is 17.7 Å². The van der Waals surface area contributed by atoms with Gasteiger partial charge in [-0.25, -0.2) is 9.18 Å². The average molecular weight is 336 g/mol. The number of carbonyl (C=O) groups excluding carboxylic acids is 2. The number of amides is 1. The van der Waals surface area contributed by atoms with Crippen LogP contribution >= 0.6 is 11.6 Å². The van der Waals surface area contributed by atoms with Gasteiger partial charge in [-0.15, -0.1) is 0 Å². The van der Waals surface area contributed by atoms with E-state index in [-0.39, 0.29) is 10.6 Å². The number of ether oxygens (including phenoxy) is 1. The van der Waals surface area contributed by atoms with Crippen LogP contribution in [0.1, 0.15) is 34.1 Å². The molecule has 2 rings (SSSR count). The molecule has 0 aliphatic rings. The number of benzene rings is 2. The van der Waals surface area contributed by atoms with E-state index in [4.69, 9.17) is 16.3 Å². The molecule has 120 valence electrons. The normalized spacial score (nSPS) is 10.2. The van der Waals surface area contributed by atoms with Crippen LogP contribution in [0.2, 0.25) is 5.02 Å². The van der Waals surface area contributed by atoms with Crippen LogP contribution in [-0.4, -0.2) is 18.5 Å². The van der Waals surface area contributed by atoms with Gasteiger partial charge in [0.15, 0.2) is 0 Å². The Labute approximate surface area is 138 Å². The second kappa shape index (κ2) is 7.74. The molecule has 0 aromatic heterocycles. The molecule has 0 saturated heterocycles. The topological polar surface area (TPSA) is 55.4 Å². The highest BCUT2D eigenvalue weighted by atomic mass is 35.5. The third-order valence-electron chi connectivity index (χ3n) is 2.99. The fourth-order valence-corrected chi connectivity index (χ4v) is 2.09. The number of hydrogen-bond donors (Lipinski definition) is 1. The van der Waals surface area contributed by atoms with Gasteiger partial charge < -0.3 is 10.1 Å². The molecule has 0 spiro atoms. The standard InChI is InChI=1S/C17H15ClFNO3/c1-2-9-23-17(22)11-3-6-13(7-4-11)20-16(21)14-8-5-12(19)10-15(14)18/h3-8,10H,2,9H2,1H3,(H,20,21). The zero-order valence-electron chi connectivity index (χ0n) is 12.4. The fraction of sp³-hybridized carbons (Fsp3) is 0.176. The predicted molar refractivity (Wildman–Crippen MR) is 86.4 cm³/mol. The maximum atomic E-state index is 13.0. The lowest BCUT2D eigenvalue weighted by Crippen LogP contribution is -2.13. The second-order valence-electron chi connectivity index (χ2n) is 4.79. The molecule has 0 radical (unpaired) electrons. The average Bonchev–Trinajstić information content (AvgIpc) is 2.53. The Hall–Kier alpha value is -2.40. The Balaban J connectivity index is 2.05. The molecule has 0 heterocycles. The number of hydrogen-bond acceptors (Lipinski definition) is 3. The van der Waals surface area contributed by atoms with Gasteiger partial charge in [-0.3, -0.25) is 4.79 Å². The Morgan fingerprint density at radius 3 is 2.48 bits per heavy atom. The Morgan fingerprint density at radius 2 is 1.87 bits per heavy atom. The van der Waals surface area contributed by atoms with Gasteiger partial charge in [0.25, 0.3) is 5.91 Å². The lowest BCUT2D eigenvalue weighted by molar-refractivity contribution is 0.0505. The summed E-state index contributed by atoms with van der Waals surface area (Å²) in [5, 5.41) is 2.66. The van der Waals surface area contributed by atoms with Gasteiger partial charge in [-0.05, 0) is 48.9 Å². The van der Waals surface area contributed by atoms with Gasteiger partial charge in [-0.2, -0.15) is 0 Å². The summed E-state index contributed by atoms with van der Waals surface area (Å²) in [5.41, 5.74) is 1.05. The summed E-state index contributed by atoms with van der Waals surface area (Å²) in [7, 11) is 0. The van der Waals surface area contributed by atoms with Crippen molar-refractivity contribution in [3.63, 3.8) is 0 Å². The largest absolute Gasteiger partial charge is 0.462 e. The molecule has 2 aromatic rings. The Bertz CT molecular complexity index is 716. The number of esters is 1. The highest BCUT2D eigenvalue weighted by molar-refractivity contribution is 6.34. The van der Waals surface area contributed by atoms with Crippen molar-refractivity contribution in [2.45, 2.75) is 13.3 Å². The van der Waals surface area contributed by atoms with Crippen molar-refractivity contribution in [2.24, 2.45) is 0 Å². The first-order valence-electron chi connectivity index (χ1n) is 7.05. The summed E-state index contributed by atoms with van der Waals surface area (Å²) in [6.45, 7) is 2.27. The molecule has 6 heteroatoms. The fourth-order valence-electron chi connectivity index (χ4n) is 1.84. The van der Waals surface area contributed by atoms with E-state index in [1.54, 1.807) is 24.3 Å². The first-order chi connectivity index (χ1) is 11.0. The van der Waals surface area contributed by atoms with Crippen molar-refractivity contribution in [3.8, 4) is 0 Å². The number of rotatable bonds is 5. The highest BCUT2D eigenvalue weighted by Gasteiger charge is 2.12. The highest BCUT2D eigenvalue weighted by Crippen LogP contribution is 2.19. The van der Waals surface area contributed by atoms with Crippen molar-refractivity contribution in [2.75, 3.05) is 11.9 Å². The summed E-state index contributed by atoms with van der Waals surface area (Å²) in [4.78, 5) is 23.8. The van der Waals surface area contributed by atoms with Crippen LogP contribution in [0.25, 0.3) is 0 Å². The van der Waals surface area contributed by atoms with Gasteiger partial charge in [0.05, 0.1) is 22.8 Å². The molecule has 0 aliphatic heterocycles. The van der Waals surface area contributed by atoms with E-state index in [1.165, 1.54) is 6.07 Å². The summed E-state index contributed by atoms with van der Waals surface area (Å²) >= 11 is 5.84. The van der Waals surface area contributed by atoms with Gasteiger partial charge in [0.1, 0.15) is 5.82 Å². The summed E-state index contributed by atoms with van der Waals surface area (Å²) in [6, 6.07) is 9.82. The zero-order valence-corrected chi connectivity index (χ0v) is 13.2. The third-order valence-corrected chi connectivity index (χ3v) is 3.30. The van der Waals surface area contributed by atoms with Crippen LogP contribution in [0.15, 0.2) is 42.5 Å². The van der Waals surface area contributed by atoms with Crippen LogP contribution in [-0.2, 0) is 4.74 Å². The van der Waals surface area contributed by atoms with Crippen molar-refractivity contribution in [1.29, 1.82) is 0 Å². The van der Waals surface area contributed by atoms with Crippen LogP contribution in [0.3, 0.4) is 0 Å². The molecule has 2 aromatic carbocycles. The predicted octanol–water partition coefficient (Wildman–Crippen LogP) is 4.30. The van der Waals surface area contributed by atoms with E-state index in [0.29, 0.717) is 17.9 Å². The lowest BCUT2D eigenvalue weighted by Gasteiger charge is -2.08. The molecular formula is C17H15ClFNO3. The summed E-state index contributed by atoms with van der Waals surface area (Å²) < 4.78 is 18.0. The van der Waals surface area contributed by atoms with Crippen molar-refractivity contribution >= 4 is 29.2 Å². The van der Waals surface area contributed by atoms with E-state index >= 15 is 0 Å². The van der Waals surface area contributed by atoms with E-state index in [9.17, 15) is 14.0 Å². The van der Waals surface area contributed by atoms with Crippen molar-refractivity contribution in [3.05, 3.63) is 64.4 Å². The SMILES string of the molecule is CCCOC(=O)c1ccc(NC(=O)c2ccc(F)cc2Cl)cc1. The monoisotopic (exact) mass is 335 g/mol. The molecular weight excluding hydrogens is 321 g/mol. The minimum atomic E-state index is -0.513. The minimum absolute atomic E-state index is 0.0299. The Morgan fingerprint density at radius 1 is 1.17 bits per heavy atom. The quantitative estimate of drug-likeness (QED) is 0.829. The number of anilines is 1. The molecule has 4 nitrogen and oxygen atoms in total. The van der Waals surface area contributed by atoms with Crippen LogP contribution in [0.5, 0.6) is 0 Å². The molecule has 1 amide bonds. The smallest absolute Gasteiger partial charge is 0.338 e. The van der Waals surface area contributed by atoms with Gasteiger partial charge in [-0.1, -0.05) is 18.5 Å². The first-order valence-corrected chi connectivity index (χ1v) is 7.42. The van der Waals surface area contributed by atoms with Crippen LogP contribution < -0.4 is 5.32 Å². The third kappa shape index (κ3) is 4.53. The molecule has 0 atom stereocenters. The van der Waals surface area contributed by atoms with Crippen LogP contribution in [0.4, 0.5) is 10.1 Å². The van der Waals surface area contributed by atoms with Gasteiger partial charge >= 0.3 is 5.97 Å². The zero-order chi connectivity index (χ0) is 16.8. The molecule has 0 unspecified atom stereocenters. The maximum Gasteiger partial charge on any atom is 0.338 e. The maximum absolute atomic E-state index is 13.0. The van der Waals surface area contributed by atoms with E-state index in [2.05, 4.69) is 5.32 Å². The molecule has 1 N–H and O–H groups in total. The summed E-state index contributed by atoms with van der Waals surface area (Å²) in [5.74, 6) is -1.39. The van der Waals surface area contributed by atoms with Gasteiger partial charge in [0.2, 0.25) is 0 Å². The second-order valence-corrected chi connectivity index (χ2v) is 5.20. The Kier molecular flexibility index (Phi) is 5.71. The van der Waals surface area contributed by atoms with E-state index in [0.717, 1.165) is 18.6 Å². The molecule has 0 bridgehead atoms. The molecule has 0 aliphatic carbocycles. The molecule has 23 heavy (non-hydrogen) atoms. The number of nitrogens with one attached hydrogen (secondary N) is 1. The van der Waals surface area contributed by atoms with Crippen molar-refractivity contribution in [1.82, 2.24) is 0 Å². The number of halogens is 2. The number of carbonyl (C=O) groups is 2. The van der Waals surface area contributed by atoms with Crippen molar-refractivity contribution < 1.29 is 18.7 Å².